The molecule has 0 saturated heterocycles. The summed E-state index contributed by atoms with van der Waals surface area (Å²) in [4.78, 5) is 4.72. The molecule has 4 rings (SSSR count). The third-order valence-corrected chi connectivity index (χ3v) is 4.75. The van der Waals surface area contributed by atoms with Crippen LogP contribution in [0.15, 0.2) is 69.6 Å². The molecule has 0 radical (unpaired) electrons. The zero-order chi connectivity index (χ0) is 16.7. The number of benzene rings is 3. The highest BCUT2D eigenvalue weighted by molar-refractivity contribution is 9.10. The van der Waals surface area contributed by atoms with Crippen LogP contribution in [-0.4, -0.2) is 4.98 Å². The maximum absolute atomic E-state index is 6.04. The predicted octanol–water partition coefficient (Wildman–Crippen LogP) is 6.54. The molecule has 2 nitrogen and oxygen atoms in total. The molecule has 0 spiro atoms. The molecule has 0 bridgehead atoms. The quantitative estimate of drug-likeness (QED) is 0.396. The molecule has 1 heterocycles. The van der Waals surface area contributed by atoms with Gasteiger partial charge in [-0.25, -0.2) is 4.98 Å². The molecule has 1 aromatic heterocycles. The van der Waals surface area contributed by atoms with Gasteiger partial charge >= 0.3 is 0 Å². The average molecular weight is 378 g/mol. The summed E-state index contributed by atoms with van der Waals surface area (Å²) >= 11 is 3.63. The van der Waals surface area contributed by atoms with Crippen molar-refractivity contribution >= 4 is 27.0 Å². The molecular formula is C21H16BrNO. The third kappa shape index (κ3) is 2.65. The zero-order valence-electron chi connectivity index (χ0n) is 13.5. The van der Waals surface area contributed by atoms with Crippen molar-refractivity contribution in [1.82, 2.24) is 4.98 Å². The molecule has 0 N–H and O–H groups in total. The summed E-state index contributed by atoms with van der Waals surface area (Å²) < 4.78 is 6.96. The lowest BCUT2D eigenvalue weighted by Gasteiger charge is -2.02. The van der Waals surface area contributed by atoms with Crippen LogP contribution < -0.4 is 0 Å². The van der Waals surface area contributed by atoms with E-state index in [0.29, 0.717) is 5.89 Å². The summed E-state index contributed by atoms with van der Waals surface area (Å²) in [7, 11) is 0. The molecular weight excluding hydrogens is 362 g/mol. The minimum Gasteiger partial charge on any atom is -0.435 e. The molecule has 118 valence electrons. The van der Waals surface area contributed by atoms with E-state index in [1.807, 2.05) is 18.2 Å². The van der Waals surface area contributed by atoms with Crippen LogP contribution in [0.25, 0.3) is 33.7 Å². The van der Waals surface area contributed by atoms with Crippen LogP contribution in [0.1, 0.15) is 11.1 Å². The minimum atomic E-state index is 0.661. The molecule has 0 aliphatic carbocycles. The lowest BCUT2D eigenvalue weighted by Crippen LogP contribution is -1.84. The van der Waals surface area contributed by atoms with Gasteiger partial charge in [-0.15, -0.1) is 0 Å². The van der Waals surface area contributed by atoms with Crippen molar-refractivity contribution in [3.8, 4) is 22.6 Å². The second kappa shape index (κ2) is 5.91. The molecule has 0 aliphatic heterocycles. The van der Waals surface area contributed by atoms with Gasteiger partial charge in [0.05, 0.1) is 4.47 Å². The maximum Gasteiger partial charge on any atom is 0.227 e. The molecule has 0 saturated carbocycles. The lowest BCUT2D eigenvalue weighted by molar-refractivity contribution is 0.617. The van der Waals surface area contributed by atoms with E-state index in [-0.39, 0.29) is 0 Å². The van der Waals surface area contributed by atoms with Crippen molar-refractivity contribution in [3.63, 3.8) is 0 Å². The summed E-state index contributed by atoms with van der Waals surface area (Å²) in [5.41, 5.74) is 7.36. The van der Waals surface area contributed by atoms with Crippen molar-refractivity contribution in [2.45, 2.75) is 13.8 Å². The number of oxazole rings is 1. The summed E-state index contributed by atoms with van der Waals surface area (Å²) in [6.45, 7) is 4.17. The van der Waals surface area contributed by atoms with E-state index in [1.165, 1.54) is 11.1 Å². The average Bonchev–Trinajstić information content (AvgIpc) is 3.00. The van der Waals surface area contributed by atoms with Crippen LogP contribution >= 0.6 is 15.9 Å². The Hall–Kier alpha value is -2.39. The van der Waals surface area contributed by atoms with Gasteiger partial charge in [0.2, 0.25) is 5.89 Å². The zero-order valence-corrected chi connectivity index (χ0v) is 15.1. The highest BCUT2D eigenvalue weighted by atomic mass is 79.9. The first-order valence-corrected chi connectivity index (χ1v) is 8.64. The highest BCUT2D eigenvalue weighted by Gasteiger charge is 2.14. The summed E-state index contributed by atoms with van der Waals surface area (Å²) in [5, 5.41) is 0. The lowest BCUT2D eigenvalue weighted by atomic mass is 10.1. The van der Waals surface area contributed by atoms with E-state index in [4.69, 9.17) is 9.40 Å². The van der Waals surface area contributed by atoms with Crippen LogP contribution in [0.5, 0.6) is 0 Å². The number of aromatic nitrogens is 1. The Bertz CT molecular complexity index is 1030. The molecule has 0 amide bonds. The Balaban J connectivity index is 1.88. The molecule has 0 fully saturated rings. The van der Waals surface area contributed by atoms with E-state index >= 15 is 0 Å². The molecule has 4 aromatic rings. The summed E-state index contributed by atoms with van der Waals surface area (Å²) in [6.07, 6.45) is 0. The van der Waals surface area contributed by atoms with Gasteiger partial charge in [0.25, 0.3) is 0 Å². The first kappa shape index (κ1) is 15.2. The van der Waals surface area contributed by atoms with Crippen molar-refractivity contribution in [1.29, 1.82) is 0 Å². The topological polar surface area (TPSA) is 26.0 Å². The molecule has 0 unspecified atom stereocenters. The molecule has 0 aliphatic rings. The standard InChI is InChI=1S/C21H16BrNO/c1-13-8-9-17(14(2)10-13)21-23-19-12-16(11-18(22)20(19)24-21)15-6-4-3-5-7-15/h3-12H,1-2H3. The van der Waals surface area contributed by atoms with Crippen LogP contribution in [0, 0.1) is 13.8 Å². The number of rotatable bonds is 2. The van der Waals surface area contributed by atoms with Gasteiger partial charge in [-0.1, -0.05) is 48.0 Å². The van der Waals surface area contributed by atoms with E-state index in [1.54, 1.807) is 0 Å². The van der Waals surface area contributed by atoms with E-state index in [9.17, 15) is 0 Å². The second-order valence-electron chi connectivity index (χ2n) is 6.01. The van der Waals surface area contributed by atoms with Gasteiger partial charge in [-0.2, -0.15) is 0 Å². The van der Waals surface area contributed by atoms with Crippen LogP contribution in [0.3, 0.4) is 0 Å². The fraction of sp³-hybridized carbons (Fsp3) is 0.0952. The number of halogens is 1. The first-order valence-electron chi connectivity index (χ1n) is 7.85. The monoisotopic (exact) mass is 377 g/mol. The number of hydrogen-bond donors (Lipinski definition) is 0. The van der Waals surface area contributed by atoms with Crippen molar-refractivity contribution in [2.75, 3.05) is 0 Å². The molecule has 0 atom stereocenters. The minimum absolute atomic E-state index is 0.661. The number of hydrogen-bond acceptors (Lipinski definition) is 2. The summed E-state index contributed by atoms with van der Waals surface area (Å²) in [6, 6.07) is 20.7. The van der Waals surface area contributed by atoms with E-state index in [2.05, 4.69) is 72.2 Å². The Labute approximate surface area is 149 Å². The largest absolute Gasteiger partial charge is 0.435 e. The van der Waals surface area contributed by atoms with Crippen LogP contribution in [-0.2, 0) is 0 Å². The first-order chi connectivity index (χ1) is 11.6. The fourth-order valence-electron chi connectivity index (χ4n) is 2.96. The van der Waals surface area contributed by atoms with Crippen molar-refractivity contribution < 1.29 is 4.42 Å². The second-order valence-corrected chi connectivity index (χ2v) is 6.86. The molecule has 3 aromatic carbocycles. The van der Waals surface area contributed by atoms with Crippen LogP contribution in [0.2, 0.25) is 0 Å². The van der Waals surface area contributed by atoms with Gasteiger partial charge in [-0.3, -0.25) is 0 Å². The molecule has 24 heavy (non-hydrogen) atoms. The van der Waals surface area contributed by atoms with Gasteiger partial charge < -0.3 is 4.42 Å². The third-order valence-electron chi connectivity index (χ3n) is 4.16. The highest BCUT2D eigenvalue weighted by Crippen LogP contribution is 2.34. The maximum atomic E-state index is 6.04. The molecule has 3 heteroatoms. The van der Waals surface area contributed by atoms with Gasteiger partial charge in [0.15, 0.2) is 5.58 Å². The smallest absolute Gasteiger partial charge is 0.227 e. The normalized spacial score (nSPS) is 11.1. The Morgan fingerprint density at radius 1 is 0.875 bits per heavy atom. The number of aryl methyl sites for hydroxylation is 2. The SMILES string of the molecule is Cc1ccc(-c2nc3cc(-c4ccccc4)cc(Br)c3o2)c(C)c1. The van der Waals surface area contributed by atoms with E-state index in [0.717, 1.165) is 32.3 Å². The Morgan fingerprint density at radius 2 is 1.67 bits per heavy atom. The van der Waals surface area contributed by atoms with Crippen LogP contribution in [0.4, 0.5) is 0 Å². The number of fused-ring (bicyclic) bond motifs is 1. The van der Waals surface area contributed by atoms with Crippen molar-refractivity contribution in [2.24, 2.45) is 0 Å². The predicted molar refractivity (Wildman–Crippen MR) is 102 cm³/mol. The van der Waals surface area contributed by atoms with Gasteiger partial charge in [0, 0.05) is 5.56 Å². The fourth-order valence-corrected chi connectivity index (χ4v) is 3.49. The Kier molecular flexibility index (Phi) is 3.73. The van der Waals surface area contributed by atoms with Gasteiger partial charge in [-0.05, 0) is 64.7 Å². The van der Waals surface area contributed by atoms with Crippen molar-refractivity contribution in [3.05, 3.63) is 76.3 Å². The van der Waals surface area contributed by atoms with E-state index < -0.39 is 0 Å². The van der Waals surface area contributed by atoms with Gasteiger partial charge in [0.1, 0.15) is 5.52 Å². The number of nitrogens with zero attached hydrogens (tertiary/aromatic N) is 1. The Morgan fingerprint density at radius 3 is 2.42 bits per heavy atom. The summed E-state index contributed by atoms with van der Waals surface area (Å²) in [5.74, 6) is 0.661.